The highest BCUT2D eigenvalue weighted by Gasteiger charge is 2.08. The van der Waals surface area contributed by atoms with Crippen molar-refractivity contribution in [3.8, 4) is 11.5 Å². The largest absolute Gasteiger partial charge is 0.485 e. The van der Waals surface area contributed by atoms with Crippen molar-refractivity contribution in [3.05, 3.63) is 94.5 Å². The first kappa shape index (κ1) is 21.9. The fourth-order valence-electron chi connectivity index (χ4n) is 2.95. The Morgan fingerprint density at radius 2 is 1.48 bits per heavy atom. The van der Waals surface area contributed by atoms with Gasteiger partial charge in [-0.3, -0.25) is 0 Å². The molecule has 3 rings (SSSR count). The Balaban J connectivity index is 1.75. The Bertz CT molecular complexity index is 1060. The van der Waals surface area contributed by atoms with Crippen LogP contribution >= 0.6 is 0 Å². The minimum absolute atomic E-state index is 0.387. The lowest BCUT2D eigenvalue weighted by molar-refractivity contribution is -0.142. The Kier molecular flexibility index (Phi) is 7.65. The van der Waals surface area contributed by atoms with Crippen LogP contribution in [0.15, 0.2) is 71.9 Å². The summed E-state index contributed by atoms with van der Waals surface area (Å²) in [5.41, 5.74) is 5.15. The van der Waals surface area contributed by atoms with Gasteiger partial charge >= 0.3 is 5.97 Å². The first-order chi connectivity index (χ1) is 15.0. The maximum Gasteiger partial charge on any atom is 0.344 e. The number of nitrogens with zero attached hydrogens (tertiary/aromatic N) is 1. The fourth-order valence-corrected chi connectivity index (χ4v) is 2.95. The van der Waals surface area contributed by atoms with Crippen molar-refractivity contribution < 1.29 is 24.2 Å². The molecule has 0 amide bonds. The number of carboxylic acid groups (broad SMARTS) is 1. The Morgan fingerprint density at radius 3 is 2.06 bits per heavy atom. The van der Waals surface area contributed by atoms with Gasteiger partial charge in [0.15, 0.2) is 11.5 Å². The molecule has 1 N–H and O–H groups in total. The van der Waals surface area contributed by atoms with Crippen molar-refractivity contribution >= 4 is 12.2 Å². The third-order valence-corrected chi connectivity index (χ3v) is 4.39. The standard InChI is InChI=1S/C25H25NO5/c1-18-5-3-7-21(11-18)15-29-23-10-9-20(14-26-31-17-25(27)28)13-24(23)30-16-22-8-4-6-19(2)12-22/h3-14H,15-17H2,1-2H3,(H,27,28)/b26-14+. The van der Waals surface area contributed by atoms with Crippen molar-refractivity contribution in [2.75, 3.05) is 6.61 Å². The number of hydrogen-bond acceptors (Lipinski definition) is 5. The van der Waals surface area contributed by atoms with E-state index in [-0.39, 0.29) is 0 Å². The van der Waals surface area contributed by atoms with Crippen LogP contribution in [0.2, 0.25) is 0 Å². The van der Waals surface area contributed by atoms with Crippen LogP contribution < -0.4 is 9.47 Å². The summed E-state index contributed by atoms with van der Waals surface area (Å²) in [6, 6.07) is 21.6. The number of carboxylic acids is 1. The first-order valence-electron chi connectivity index (χ1n) is 9.87. The number of ether oxygens (including phenoxy) is 2. The van der Waals surface area contributed by atoms with Gasteiger partial charge < -0.3 is 19.4 Å². The molecule has 0 aliphatic rings. The summed E-state index contributed by atoms with van der Waals surface area (Å²) >= 11 is 0. The molecule has 0 saturated heterocycles. The predicted octanol–water partition coefficient (Wildman–Crippen LogP) is 4.90. The number of rotatable bonds is 10. The van der Waals surface area contributed by atoms with E-state index in [1.54, 1.807) is 18.2 Å². The average molecular weight is 419 g/mol. The van der Waals surface area contributed by atoms with Gasteiger partial charge in [0.2, 0.25) is 6.61 Å². The molecule has 3 aromatic rings. The van der Waals surface area contributed by atoms with Crippen LogP contribution in [0.3, 0.4) is 0 Å². The van der Waals surface area contributed by atoms with Crippen LogP contribution in [0.1, 0.15) is 27.8 Å². The molecule has 0 heterocycles. The van der Waals surface area contributed by atoms with Crippen molar-refractivity contribution in [2.24, 2.45) is 5.16 Å². The zero-order valence-corrected chi connectivity index (χ0v) is 17.6. The summed E-state index contributed by atoms with van der Waals surface area (Å²) in [5.74, 6) is 0.0910. The summed E-state index contributed by atoms with van der Waals surface area (Å²) in [7, 11) is 0. The molecule has 0 spiro atoms. The number of aliphatic carboxylic acids is 1. The lowest BCUT2D eigenvalue weighted by Gasteiger charge is -2.14. The third-order valence-electron chi connectivity index (χ3n) is 4.39. The summed E-state index contributed by atoms with van der Waals surface area (Å²) in [6.07, 6.45) is 1.44. The maximum absolute atomic E-state index is 10.5. The highest BCUT2D eigenvalue weighted by molar-refractivity contribution is 5.80. The average Bonchev–Trinajstić information content (AvgIpc) is 2.74. The van der Waals surface area contributed by atoms with Crippen LogP contribution in [0.25, 0.3) is 0 Å². The van der Waals surface area contributed by atoms with Crippen molar-refractivity contribution in [1.29, 1.82) is 0 Å². The molecule has 0 atom stereocenters. The highest BCUT2D eigenvalue weighted by Crippen LogP contribution is 2.30. The van der Waals surface area contributed by atoms with E-state index in [1.165, 1.54) is 11.8 Å². The number of oxime groups is 1. The second-order valence-corrected chi connectivity index (χ2v) is 7.16. The number of hydrogen-bond donors (Lipinski definition) is 1. The summed E-state index contributed by atoms with van der Waals surface area (Å²) in [6.45, 7) is 4.38. The molecule has 6 heteroatoms. The minimum Gasteiger partial charge on any atom is -0.485 e. The van der Waals surface area contributed by atoms with E-state index in [9.17, 15) is 4.79 Å². The molecular weight excluding hydrogens is 394 g/mol. The van der Waals surface area contributed by atoms with Gasteiger partial charge in [0.25, 0.3) is 0 Å². The zero-order valence-electron chi connectivity index (χ0n) is 17.6. The molecule has 0 fully saturated rings. The molecule has 0 bridgehead atoms. The maximum atomic E-state index is 10.5. The van der Waals surface area contributed by atoms with Crippen LogP contribution in [0.5, 0.6) is 11.5 Å². The van der Waals surface area contributed by atoms with E-state index in [4.69, 9.17) is 19.4 Å². The van der Waals surface area contributed by atoms with Gasteiger partial charge in [-0.15, -0.1) is 0 Å². The molecule has 31 heavy (non-hydrogen) atoms. The SMILES string of the molecule is Cc1cccc(COc2ccc(/C=N/OCC(=O)O)cc2OCc2cccc(C)c2)c1. The van der Waals surface area contributed by atoms with Gasteiger partial charge in [-0.25, -0.2) is 4.79 Å². The Labute approximate surface area is 181 Å². The monoisotopic (exact) mass is 419 g/mol. The van der Waals surface area contributed by atoms with E-state index in [0.717, 1.165) is 16.7 Å². The van der Waals surface area contributed by atoms with Gasteiger partial charge in [-0.2, -0.15) is 0 Å². The fraction of sp³-hybridized carbons (Fsp3) is 0.200. The van der Waals surface area contributed by atoms with Gasteiger partial charge in [0.05, 0.1) is 6.21 Å². The van der Waals surface area contributed by atoms with Crippen molar-refractivity contribution in [2.45, 2.75) is 27.1 Å². The molecule has 0 unspecified atom stereocenters. The second-order valence-electron chi connectivity index (χ2n) is 7.16. The summed E-state index contributed by atoms with van der Waals surface area (Å²) < 4.78 is 12.1. The minimum atomic E-state index is -1.08. The van der Waals surface area contributed by atoms with Crippen LogP contribution in [0, 0.1) is 13.8 Å². The molecule has 6 nitrogen and oxygen atoms in total. The molecule has 0 aliphatic carbocycles. The highest BCUT2D eigenvalue weighted by atomic mass is 16.6. The first-order valence-corrected chi connectivity index (χ1v) is 9.87. The molecule has 3 aromatic carbocycles. The van der Waals surface area contributed by atoms with Gasteiger partial charge in [0.1, 0.15) is 13.2 Å². The molecule has 160 valence electrons. The lowest BCUT2D eigenvalue weighted by atomic mass is 10.1. The van der Waals surface area contributed by atoms with E-state index < -0.39 is 12.6 Å². The van der Waals surface area contributed by atoms with Crippen LogP contribution in [-0.4, -0.2) is 23.9 Å². The molecule has 0 aromatic heterocycles. The van der Waals surface area contributed by atoms with E-state index >= 15 is 0 Å². The van der Waals surface area contributed by atoms with Crippen molar-refractivity contribution in [3.63, 3.8) is 0 Å². The smallest absolute Gasteiger partial charge is 0.344 e. The van der Waals surface area contributed by atoms with Gasteiger partial charge in [0, 0.05) is 5.56 Å². The quantitative estimate of drug-likeness (QED) is 0.374. The van der Waals surface area contributed by atoms with Crippen LogP contribution in [-0.2, 0) is 22.8 Å². The number of benzene rings is 3. The second kappa shape index (κ2) is 10.8. The lowest BCUT2D eigenvalue weighted by Crippen LogP contribution is -2.03. The summed E-state index contributed by atoms with van der Waals surface area (Å²) in [4.78, 5) is 15.3. The van der Waals surface area contributed by atoms with Crippen molar-refractivity contribution in [1.82, 2.24) is 0 Å². The Morgan fingerprint density at radius 1 is 0.871 bits per heavy atom. The van der Waals surface area contributed by atoms with E-state index in [0.29, 0.717) is 30.3 Å². The zero-order chi connectivity index (χ0) is 22.1. The van der Waals surface area contributed by atoms with E-state index in [2.05, 4.69) is 17.3 Å². The molecule has 0 aliphatic heterocycles. The molecule has 0 radical (unpaired) electrons. The normalized spacial score (nSPS) is 10.8. The van der Waals surface area contributed by atoms with Crippen LogP contribution in [0.4, 0.5) is 0 Å². The number of carbonyl (C=O) groups is 1. The van der Waals surface area contributed by atoms with E-state index in [1.807, 2.05) is 50.2 Å². The molecular formula is C25H25NO5. The Hall–Kier alpha value is -3.80. The predicted molar refractivity (Wildman–Crippen MR) is 119 cm³/mol. The van der Waals surface area contributed by atoms with Gasteiger partial charge in [-0.1, -0.05) is 64.8 Å². The molecule has 0 saturated carbocycles. The summed E-state index contributed by atoms with van der Waals surface area (Å²) in [5, 5.41) is 12.3. The number of aryl methyl sites for hydroxylation is 2. The van der Waals surface area contributed by atoms with Gasteiger partial charge in [-0.05, 0) is 43.2 Å². The third kappa shape index (κ3) is 7.19. The topological polar surface area (TPSA) is 77.4 Å².